The fraction of sp³-hybridized carbons (Fsp3) is 0.222. The van der Waals surface area contributed by atoms with E-state index in [1.807, 2.05) is 6.07 Å². The molecule has 0 aliphatic heterocycles. The van der Waals surface area contributed by atoms with Crippen LogP contribution in [0.1, 0.15) is 17.3 Å². The molecule has 12 heavy (non-hydrogen) atoms. The van der Waals surface area contributed by atoms with Gasteiger partial charge in [-0.3, -0.25) is 4.79 Å². The van der Waals surface area contributed by atoms with Crippen molar-refractivity contribution in [3.05, 3.63) is 35.9 Å². The number of rotatable bonds is 2. The van der Waals surface area contributed by atoms with Gasteiger partial charge in [-0.25, -0.2) is 0 Å². The van der Waals surface area contributed by atoms with Gasteiger partial charge >= 0.3 is 0 Å². The van der Waals surface area contributed by atoms with E-state index in [1.54, 1.807) is 24.3 Å². The fourth-order valence-corrected chi connectivity index (χ4v) is 0.844. The van der Waals surface area contributed by atoms with Crippen LogP contribution in [0.25, 0.3) is 0 Å². The molecule has 3 heteroatoms. The summed E-state index contributed by atoms with van der Waals surface area (Å²) in [6.07, 6.45) is -0.905. The van der Waals surface area contributed by atoms with E-state index in [1.165, 1.54) is 6.92 Å². The molecule has 0 aliphatic rings. The Morgan fingerprint density at radius 3 is 2.25 bits per heavy atom. The number of Topliss-reactive ketones (excluding diaryl/α,β-unsaturated/α-hetero) is 1. The number of ketones is 1. The second-order valence-electron chi connectivity index (χ2n) is 2.41. The quantitative estimate of drug-likeness (QED) is 0.583. The van der Waals surface area contributed by atoms with Crippen molar-refractivity contribution >= 4 is 5.78 Å². The van der Waals surface area contributed by atoms with Crippen LogP contribution in [0.2, 0.25) is 0 Å². The van der Waals surface area contributed by atoms with Gasteiger partial charge in [0, 0.05) is 22.6 Å². The van der Waals surface area contributed by atoms with E-state index in [4.69, 9.17) is 5.11 Å². The maximum absolute atomic E-state index is 11.1. The van der Waals surface area contributed by atoms with Gasteiger partial charge in [-0.15, -0.1) is 0 Å². The Balaban J connectivity index is 0.00000121. The van der Waals surface area contributed by atoms with Crippen molar-refractivity contribution in [3.63, 3.8) is 0 Å². The minimum Gasteiger partial charge on any atom is -0.385 e. The number of carbonyl (C=O) groups is 1. The third kappa shape index (κ3) is 2.78. The molecule has 0 saturated heterocycles. The van der Waals surface area contributed by atoms with E-state index in [0.29, 0.717) is 5.56 Å². The minimum absolute atomic E-state index is 0. The molecule has 0 saturated carbocycles. The molecule has 0 fully saturated rings. The van der Waals surface area contributed by atoms with Gasteiger partial charge in [0.25, 0.3) is 0 Å². The summed E-state index contributed by atoms with van der Waals surface area (Å²) in [7, 11) is 0. The van der Waals surface area contributed by atoms with E-state index in [2.05, 4.69) is 0 Å². The maximum atomic E-state index is 11.1. The number of benzene rings is 1. The van der Waals surface area contributed by atoms with Gasteiger partial charge in [-0.2, -0.15) is 0 Å². The zero-order valence-electron chi connectivity index (χ0n) is 6.67. The van der Waals surface area contributed by atoms with Crippen LogP contribution in [0.3, 0.4) is 0 Å². The van der Waals surface area contributed by atoms with E-state index in [0.717, 1.165) is 0 Å². The number of carbonyl (C=O) groups excluding carboxylic acids is 1. The van der Waals surface area contributed by atoms with Crippen molar-refractivity contribution < 1.29 is 27.0 Å². The largest absolute Gasteiger partial charge is 0.385 e. The minimum atomic E-state index is -0.905. The van der Waals surface area contributed by atoms with Crippen molar-refractivity contribution in [3.8, 4) is 0 Å². The standard InChI is InChI=1S/C9H10O2.Fe/c1-7(10)9(11)8-5-3-2-4-6-8;/h2-7,10H,1H3;. The molecule has 0 aliphatic carbocycles. The molecule has 0 bridgehead atoms. The molecule has 0 aromatic heterocycles. The number of hydrogen-bond acceptors (Lipinski definition) is 2. The third-order valence-electron chi connectivity index (χ3n) is 1.44. The van der Waals surface area contributed by atoms with Crippen molar-refractivity contribution in [1.82, 2.24) is 0 Å². The summed E-state index contributed by atoms with van der Waals surface area (Å²) >= 11 is 0. The summed E-state index contributed by atoms with van der Waals surface area (Å²) in [6, 6.07) is 8.76. The van der Waals surface area contributed by atoms with Gasteiger partial charge in [-0.1, -0.05) is 30.3 Å². The van der Waals surface area contributed by atoms with E-state index in [-0.39, 0.29) is 22.9 Å². The predicted octanol–water partition coefficient (Wildman–Crippen LogP) is 1.25. The molecule has 1 N–H and O–H groups in total. The van der Waals surface area contributed by atoms with Gasteiger partial charge < -0.3 is 5.11 Å². The SMILES string of the molecule is CC(O)C(=O)c1ccccc1.[Fe]. The fourth-order valence-electron chi connectivity index (χ4n) is 0.844. The molecule has 1 aromatic rings. The number of hydrogen-bond donors (Lipinski definition) is 1. The number of aliphatic hydroxyl groups is 1. The van der Waals surface area contributed by atoms with E-state index < -0.39 is 6.10 Å². The molecule has 0 spiro atoms. The van der Waals surface area contributed by atoms with Crippen LogP contribution in [-0.4, -0.2) is 17.0 Å². The summed E-state index contributed by atoms with van der Waals surface area (Å²) in [6.45, 7) is 1.47. The smallest absolute Gasteiger partial charge is 0.190 e. The summed E-state index contributed by atoms with van der Waals surface area (Å²) in [4.78, 5) is 11.1. The van der Waals surface area contributed by atoms with Gasteiger partial charge in [0.2, 0.25) is 0 Å². The molecule has 1 unspecified atom stereocenters. The Hall–Kier alpha value is -0.631. The van der Waals surface area contributed by atoms with E-state index >= 15 is 0 Å². The van der Waals surface area contributed by atoms with Crippen LogP contribution in [0.5, 0.6) is 0 Å². The van der Waals surface area contributed by atoms with Crippen LogP contribution >= 0.6 is 0 Å². The Kier molecular flexibility index (Phi) is 4.83. The average molecular weight is 206 g/mol. The van der Waals surface area contributed by atoms with Crippen LogP contribution in [0.15, 0.2) is 30.3 Å². The normalized spacial score (nSPS) is 11.5. The molecule has 0 heterocycles. The first-order valence-electron chi connectivity index (χ1n) is 3.49. The molecule has 2 nitrogen and oxygen atoms in total. The molecular weight excluding hydrogens is 196 g/mol. The first-order chi connectivity index (χ1) is 5.22. The second kappa shape index (κ2) is 5.09. The first-order valence-corrected chi connectivity index (χ1v) is 3.49. The summed E-state index contributed by atoms with van der Waals surface area (Å²) < 4.78 is 0. The first kappa shape index (κ1) is 11.4. The zero-order valence-corrected chi connectivity index (χ0v) is 7.78. The van der Waals surface area contributed by atoms with Gasteiger partial charge in [0.05, 0.1) is 0 Å². The second-order valence-corrected chi connectivity index (χ2v) is 2.41. The molecule has 1 atom stereocenters. The van der Waals surface area contributed by atoms with Crippen molar-refractivity contribution in [2.45, 2.75) is 13.0 Å². The third-order valence-corrected chi connectivity index (χ3v) is 1.44. The molecule has 1 aromatic carbocycles. The van der Waals surface area contributed by atoms with Crippen molar-refractivity contribution in [2.24, 2.45) is 0 Å². The van der Waals surface area contributed by atoms with Gasteiger partial charge in [-0.05, 0) is 6.92 Å². The van der Waals surface area contributed by atoms with Crippen molar-refractivity contribution in [1.29, 1.82) is 0 Å². The summed E-state index contributed by atoms with van der Waals surface area (Å²) in [5.74, 6) is -0.231. The zero-order chi connectivity index (χ0) is 8.27. The summed E-state index contributed by atoms with van der Waals surface area (Å²) in [5, 5.41) is 8.92. The molecular formula is C9H10FeO2. The topological polar surface area (TPSA) is 37.3 Å². The van der Waals surface area contributed by atoms with Crippen LogP contribution in [-0.2, 0) is 17.1 Å². The Morgan fingerprint density at radius 2 is 1.83 bits per heavy atom. The average Bonchev–Trinajstić information content (AvgIpc) is 2.05. The molecule has 1 rings (SSSR count). The molecule has 66 valence electrons. The van der Waals surface area contributed by atoms with Gasteiger partial charge in [0.15, 0.2) is 5.78 Å². The Morgan fingerprint density at radius 1 is 1.33 bits per heavy atom. The Bertz CT molecular complexity index is 244. The summed E-state index contributed by atoms with van der Waals surface area (Å²) in [5.41, 5.74) is 0.558. The maximum Gasteiger partial charge on any atom is 0.190 e. The monoisotopic (exact) mass is 206 g/mol. The number of aliphatic hydroxyl groups excluding tert-OH is 1. The molecule has 0 radical (unpaired) electrons. The van der Waals surface area contributed by atoms with Crippen LogP contribution in [0.4, 0.5) is 0 Å². The van der Waals surface area contributed by atoms with E-state index in [9.17, 15) is 4.79 Å². The van der Waals surface area contributed by atoms with Gasteiger partial charge in [0.1, 0.15) is 6.10 Å². The predicted molar refractivity (Wildman–Crippen MR) is 42.5 cm³/mol. The van der Waals surface area contributed by atoms with Crippen molar-refractivity contribution in [2.75, 3.05) is 0 Å². The Labute approximate surface area is 82.1 Å². The molecule has 0 amide bonds. The van der Waals surface area contributed by atoms with Crippen LogP contribution < -0.4 is 0 Å². The van der Waals surface area contributed by atoms with Crippen LogP contribution in [0, 0.1) is 0 Å².